The second kappa shape index (κ2) is 10.6. The molecule has 3 aromatic carbocycles. The van der Waals surface area contributed by atoms with Crippen LogP contribution in [0.25, 0.3) is 6.08 Å². The van der Waals surface area contributed by atoms with Crippen LogP contribution in [0.5, 0.6) is 0 Å². The first-order valence-electron chi connectivity index (χ1n) is 12.1. The van der Waals surface area contributed by atoms with Crippen molar-refractivity contribution in [2.45, 2.75) is 24.3 Å². The number of halogens is 1. The van der Waals surface area contributed by atoms with Crippen molar-refractivity contribution in [2.75, 3.05) is 18.0 Å². The Kier molecular flexibility index (Phi) is 7.10. The molecular formula is C29H26FN3O3S. The van der Waals surface area contributed by atoms with Crippen LogP contribution in [-0.4, -0.2) is 35.7 Å². The van der Waals surface area contributed by atoms with Crippen molar-refractivity contribution >= 4 is 41.2 Å². The van der Waals surface area contributed by atoms with E-state index >= 15 is 0 Å². The average molecular weight is 516 g/mol. The molecule has 0 aromatic heterocycles. The third-order valence-electron chi connectivity index (χ3n) is 6.73. The lowest BCUT2D eigenvalue weighted by Crippen LogP contribution is -2.41. The molecule has 5 rings (SSSR count). The van der Waals surface area contributed by atoms with Gasteiger partial charge in [-0.1, -0.05) is 48.2 Å². The standard InChI is InChI=1S/C29H26FN3O3S/c30-23-11-7-20(8-12-23)18-33-24-3-1-2-4-25(24)37-26(29(33)36)17-19-5-9-22(10-6-19)28(35)32-15-13-21(14-16-32)27(31)34/h1-12,17,21H,13-16,18H2,(H2,31,34). The van der Waals surface area contributed by atoms with E-state index in [9.17, 15) is 18.8 Å². The van der Waals surface area contributed by atoms with Crippen molar-refractivity contribution < 1.29 is 18.8 Å². The number of piperidine rings is 1. The van der Waals surface area contributed by atoms with Crippen molar-refractivity contribution in [1.82, 2.24) is 4.90 Å². The fourth-order valence-corrected chi connectivity index (χ4v) is 5.67. The Morgan fingerprint density at radius 1 is 0.973 bits per heavy atom. The summed E-state index contributed by atoms with van der Waals surface area (Å²) in [7, 11) is 0. The summed E-state index contributed by atoms with van der Waals surface area (Å²) in [6, 6.07) is 21.0. The summed E-state index contributed by atoms with van der Waals surface area (Å²) in [6.45, 7) is 1.34. The molecule has 0 aliphatic carbocycles. The average Bonchev–Trinajstić information content (AvgIpc) is 2.92. The molecule has 1 saturated heterocycles. The third kappa shape index (κ3) is 5.44. The molecule has 0 spiro atoms. The third-order valence-corrected chi connectivity index (χ3v) is 7.80. The zero-order valence-corrected chi connectivity index (χ0v) is 20.9. The van der Waals surface area contributed by atoms with Gasteiger partial charge in [0, 0.05) is 29.5 Å². The molecule has 2 heterocycles. The highest BCUT2D eigenvalue weighted by molar-refractivity contribution is 8.04. The number of carbonyl (C=O) groups excluding carboxylic acids is 3. The number of hydrogen-bond acceptors (Lipinski definition) is 4. The van der Waals surface area contributed by atoms with Crippen LogP contribution in [0.15, 0.2) is 82.6 Å². The molecule has 6 nitrogen and oxygen atoms in total. The summed E-state index contributed by atoms with van der Waals surface area (Å²) in [5.41, 5.74) is 8.41. The summed E-state index contributed by atoms with van der Waals surface area (Å²) in [6.07, 6.45) is 2.99. The number of carbonyl (C=O) groups is 3. The van der Waals surface area contributed by atoms with Crippen molar-refractivity contribution in [3.8, 4) is 0 Å². The topological polar surface area (TPSA) is 83.7 Å². The van der Waals surface area contributed by atoms with Gasteiger partial charge in [0.2, 0.25) is 5.91 Å². The number of amides is 3. The van der Waals surface area contributed by atoms with Crippen molar-refractivity contribution in [1.29, 1.82) is 0 Å². The van der Waals surface area contributed by atoms with Crippen LogP contribution in [0.3, 0.4) is 0 Å². The van der Waals surface area contributed by atoms with Gasteiger partial charge >= 0.3 is 0 Å². The van der Waals surface area contributed by atoms with Crippen LogP contribution in [-0.2, 0) is 16.1 Å². The van der Waals surface area contributed by atoms with Crippen molar-refractivity contribution in [3.63, 3.8) is 0 Å². The molecular weight excluding hydrogens is 489 g/mol. The summed E-state index contributed by atoms with van der Waals surface area (Å²) in [5.74, 6) is -1.01. The molecule has 1 fully saturated rings. The predicted octanol–water partition coefficient (Wildman–Crippen LogP) is 4.84. The first-order valence-corrected chi connectivity index (χ1v) is 12.9. The number of rotatable bonds is 5. The quantitative estimate of drug-likeness (QED) is 0.493. The highest BCUT2D eigenvalue weighted by atomic mass is 32.2. The molecule has 2 aliphatic rings. The van der Waals surface area contributed by atoms with E-state index in [2.05, 4.69) is 0 Å². The van der Waals surface area contributed by atoms with Gasteiger partial charge in [0.05, 0.1) is 17.1 Å². The second-order valence-electron chi connectivity index (χ2n) is 9.19. The zero-order chi connectivity index (χ0) is 25.9. The van der Waals surface area contributed by atoms with E-state index in [-0.39, 0.29) is 29.5 Å². The molecule has 188 valence electrons. The molecule has 37 heavy (non-hydrogen) atoms. The highest BCUT2D eigenvalue weighted by Gasteiger charge is 2.29. The normalized spacial score (nSPS) is 17.1. The maximum atomic E-state index is 13.5. The Morgan fingerprint density at radius 2 is 1.65 bits per heavy atom. The van der Waals surface area contributed by atoms with E-state index in [0.29, 0.717) is 42.9 Å². The minimum absolute atomic E-state index is 0.0790. The predicted molar refractivity (Wildman–Crippen MR) is 142 cm³/mol. The number of likely N-dealkylation sites (tertiary alicyclic amines) is 1. The van der Waals surface area contributed by atoms with Crippen LogP contribution in [0.2, 0.25) is 0 Å². The van der Waals surface area contributed by atoms with Gasteiger partial charge in [0.15, 0.2) is 0 Å². The summed E-state index contributed by atoms with van der Waals surface area (Å²) in [4.78, 5) is 42.8. The molecule has 0 saturated carbocycles. The molecule has 0 atom stereocenters. The van der Waals surface area contributed by atoms with E-state index in [1.165, 1.54) is 23.9 Å². The molecule has 2 N–H and O–H groups in total. The number of fused-ring (bicyclic) bond motifs is 1. The summed E-state index contributed by atoms with van der Waals surface area (Å²) in [5, 5.41) is 0. The van der Waals surface area contributed by atoms with E-state index in [1.54, 1.807) is 34.1 Å². The first-order chi connectivity index (χ1) is 17.9. The van der Waals surface area contributed by atoms with E-state index < -0.39 is 0 Å². The van der Waals surface area contributed by atoms with Gasteiger partial charge in [0.1, 0.15) is 5.82 Å². The number of thioether (sulfide) groups is 1. The minimum atomic E-state index is -0.317. The van der Waals surface area contributed by atoms with Crippen LogP contribution in [0.1, 0.15) is 34.3 Å². The Bertz CT molecular complexity index is 1360. The van der Waals surface area contributed by atoms with Gasteiger partial charge in [-0.25, -0.2) is 4.39 Å². The van der Waals surface area contributed by atoms with Gasteiger partial charge in [-0.05, 0) is 66.4 Å². The summed E-state index contributed by atoms with van der Waals surface area (Å²) >= 11 is 1.41. The highest BCUT2D eigenvalue weighted by Crippen LogP contribution is 2.42. The number of nitrogens with zero attached hydrogens (tertiary/aromatic N) is 2. The fraction of sp³-hybridized carbons (Fsp3) is 0.207. The molecule has 2 aliphatic heterocycles. The number of para-hydroxylation sites is 1. The molecule has 8 heteroatoms. The molecule has 0 radical (unpaired) electrons. The lowest BCUT2D eigenvalue weighted by molar-refractivity contribution is -0.123. The lowest BCUT2D eigenvalue weighted by atomic mass is 9.96. The van der Waals surface area contributed by atoms with E-state index in [1.807, 2.05) is 42.5 Å². The molecule has 0 bridgehead atoms. The summed E-state index contributed by atoms with van der Waals surface area (Å²) < 4.78 is 13.4. The van der Waals surface area contributed by atoms with E-state index in [0.717, 1.165) is 21.7 Å². The second-order valence-corrected chi connectivity index (χ2v) is 10.3. The van der Waals surface area contributed by atoms with Gasteiger partial charge in [-0.3, -0.25) is 14.4 Å². The Morgan fingerprint density at radius 3 is 2.32 bits per heavy atom. The largest absolute Gasteiger partial charge is 0.369 e. The number of anilines is 1. The maximum Gasteiger partial charge on any atom is 0.265 e. The first kappa shape index (κ1) is 24.8. The maximum absolute atomic E-state index is 13.5. The fourth-order valence-electron chi connectivity index (χ4n) is 4.61. The van der Waals surface area contributed by atoms with Crippen LogP contribution in [0.4, 0.5) is 10.1 Å². The molecule has 3 aromatic rings. The van der Waals surface area contributed by atoms with Crippen molar-refractivity contribution in [2.24, 2.45) is 11.7 Å². The minimum Gasteiger partial charge on any atom is -0.369 e. The molecule has 3 amide bonds. The number of benzene rings is 3. The number of nitrogens with two attached hydrogens (primary N) is 1. The number of primary amides is 1. The lowest BCUT2D eigenvalue weighted by Gasteiger charge is -2.30. The zero-order valence-electron chi connectivity index (χ0n) is 20.1. The van der Waals surface area contributed by atoms with Crippen LogP contribution >= 0.6 is 11.8 Å². The van der Waals surface area contributed by atoms with Gasteiger partial charge in [0.25, 0.3) is 11.8 Å². The van der Waals surface area contributed by atoms with Gasteiger partial charge in [-0.15, -0.1) is 0 Å². The Balaban J connectivity index is 1.34. The van der Waals surface area contributed by atoms with Crippen LogP contribution < -0.4 is 10.6 Å². The smallest absolute Gasteiger partial charge is 0.265 e. The van der Waals surface area contributed by atoms with Crippen molar-refractivity contribution in [3.05, 3.63) is 100 Å². The van der Waals surface area contributed by atoms with Gasteiger partial charge in [-0.2, -0.15) is 0 Å². The van der Waals surface area contributed by atoms with Crippen LogP contribution in [0, 0.1) is 11.7 Å². The monoisotopic (exact) mass is 515 g/mol. The van der Waals surface area contributed by atoms with E-state index in [4.69, 9.17) is 5.73 Å². The number of hydrogen-bond donors (Lipinski definition) is 1. The van der Waals surface area contributed by atoms with Gasteiger partial charge < -0.3 is 15.5 Å². The SMILES string of the molecule is NC(=O)C1CCN(C(=O)c2ccc(C=C3Sc4ccccc4N(Cc4ccc(F)cc4)C3=O)cc2)CC1. The Hall–Kier alpha value is -3.91. The Labute approximate surface area is 218 Å². The molecule has 0 unspecified atom stereocenters.